The number of ketones is 1. The van der Waals surface area contributed by atoms with Crippen LogP contribution in [0.5, 0.6) is 5.75 Å². The van der Waals surface area contributed by atoms with Gasteiger partial charge in [0, 0.05) is 30.5 Å². The molecule has 2 aromatic rings. The highest BCUT2D eigenvalue weighted by atomic mass is 16.5. The van der Waals surface area contributed by atoms with Gasteiger partial charge in [0.2, 0.25) is 0 Å². The van der Waals surface area contributed by atoms with Crippen LogP contribution in [0.3, 0.4) is 0 Å². The monoisotopic (exact) mass is 480 g/mol. The van der Waals surface area contributed by atoms with E-state index in [0.29, 0.717) is 37.4 Å². The maximum atomic E-state index is 13.2. The Labute approximate surface area is 207 Å². The van der Waals surface area contributed by atoms with Crippen molar-refractivity contribution in [1.29, 1.82) is 0 Å². The van der Waals surface area contributed by atoms with E-state index in [1.54, 1.807) is 36.5 Å². The molecule has 0 spiro atoms. The predicted octanol–water partition coefficient (Wildman–Crippen LogP) is 5.01. The lowest BCUT2D eigenvalue weighted by atomic mass is 9.84. The first-order valence-corrected chi connectivity index (χ1v) is 12.1. The molecular weight excluding hydrogens is 444 g/mol. The largest absolute Gasteiger partial charge is 0.507 e. The number of hydrogen-bond donors (Lipinski definition) is 1. The molecule has 1 aliphatic rings. The van der Waals surface area contributed by atoms with Crippen LogP contribution in [0.4, 0.5) is 0 Å². The van der Waals surface area contributed by atoms with E-state index < -0.39 is 17.7 Å². The minimum atomic E-state index is -0.778. The van der Waals surface area contributed by atoms with Crippen molar-refractivity contribution >= 4 is 17.4 Å². The summed E-state index contributed by atoms with van der Waals surface area (Å²) in [5, 5.41) is 11.4. The molecule has 35 heavy (non-hydrogen) atoms. The molecule has 1 atom stereocenters. The van der Waals surface area contributed by atoms with E-state index in [4.69, 9.17) is 9.47 Å². The van der Waals surface area contributed by atoms with Crippen molar-refractivity contribution < 1.29 is 24.2 Å². The van der Waals surface area contributed by atoms with Crippen LogP contribution in [-0.2, 0) is 19.7 Å². The molecule has 1 fully saturated rings. The molecule has 7 heteroatoms. The number of ether oxygens (including phenoxy) is 2. The maximum absolute atomic E-state index is 13.2. The van der Waals surface area contributed by atoms with E-state index >= 15 is 0 Å². The number of hydrogen-bond acceptors (Lipinski definition) is 6. The Morgan fingerprint density at radius 3 is 2.51 bits per heavy atom. The second-order valence-electron chi connectivity index (χ2n) is 9.91. The van der Waals surface area contributed by atoms with Gasteiger partial charge in [-0.25, -0.2) is 0 Å². The lowest BCUT2D eigenvalue weighted by Crippen LogP contribution is -2.31. The van der Waals surface area contributed by atoms with Crippen LogP contribution in [0.2, 0.25) is 0 Å². The molecular formula is C28H36N2O5. The molecule has 188 valence electrons. The number of pyridine rings is 1. The number of carbonyl (C=O) groups excluding carboxylic acids is 2. The summed E-state index contributed by atoms with van der Waals surface area (Å²) in [6.45, 7) is 13.3. The van der Waals surface area contributed by atoms with Gasteiger partial charge in [0.1, 0.15) is 17.6 Å². The number of likely N-dealkylation sites (tertiary alicyclic amines) is 1. The molecule has 1 saturated heterocycles. The molecule has 1 N–H and O–H groups in total. The van der Waals surface area contributed by atoms with Crippen LogP contribution in [0.1, 0.15) is 70.8 Å². The summed E-state index contributed by atoms with van der Waals surface area (Å²) < 4.78 is 11.4. The van der Waals surface area contributed by atoms with Crippen LogP contribution in [-0.4, -0.2) is 52.5 Å². The number of amides is 1. The van der Waals surface area contributed by atoms with Crippen molar-refractivity contribution in [2.24, 2.45) is 0 Å². The molecule has 7 nitrogen and oxygen atoms in total. The van der Waals surface area contributed by atoms with Crippen LogP contribution in [0.15, 0.2) is 48.2 Å². The Morgan fingerprint density at radius 1 is 1.17 bits per heavy atom. The lowest BCUT2D eigenvalue weighted by molar-refractivity contribution is -0.140. The average Bonchev–Trinajstić information content (AvgIpc) is 3.06. The third kappa shape index (κ3) is 5.90. The van der Waals surface area contributed by atoms with Crippen LogP contribution in [0.25, 0.3) is 5.76 Å². The zero-order valence-corrected chi connectivity index (χ0v) is 21.5. The first-order valence-electron chi connectivity index (χ1n) is 12.1. The molecule has 1 unspecified atom stereocenters. The van der Waals surface area contributed by atoms with Gasteiger partial charge in [0.15, 0.2) is 0 Å². The zero-order valence-electron chi connectivity index (χ0n) is 21.5. The third-order valence-corrected chi connectivity index (χ3v) is 5.86. The SMILES string of the molecule is CCOc1ccc(/C(O)=C2/C(=O)C(=O)N(CCCOC(C)C)C2c2ccccn2)cc1C(C)(C)C. The number of Topliss-reactive ketones (excluding diaryl/α,β-unsaturated/α-hetero) is 1. The quantitative estimate of drug-likeness (QED) is 0.235. The highest BCUT2D eigenvalue weighted by Gasteiger charge is 2.46. The topological polar surface area (TPSA) is 89.0 Å². The van der Waals surface area contributed by atoms with Crippen LogP contribution < -0.4 is 4.74 Å². The molecule has 3 rings (SSSR count). The van der Waals surface area contributed by atoms with E-state index in [1.807, 2.05) is 26.8 Å². The van der Waals surface area contributed by atoms with Gasteiger partial charge in [0.25, 0.3) is 11.7 Å². The van der Waals surface area contributed by atoms with Gasteiger partial charge in [0.05, 0.1) is 24.0 Å². The molecule has 0 bridgehead atoms. The average molecular weight is 481 g/mol. The lowest BCUT2D eigenvalue weighted by Gasteiger charge is -2.25. The molecule has 1 aromatic heterocycles. The number of nitrogens with zero attached hydrogens (tertiary/aromatic N) is 2. The molecule has 1 amide bonds. The van der Waals surface area contributed by atoms with E-state index in [-0.39, 0.29) is 22.9 Å². The fourth-order valence-electron chi connectivity index (χ4n) is 4.21. The molecule has 0 saturated carbocycles. The molecule has 2 heterocycles. The first kappa shape index (κ1) is 26.4. The van der Waals surface area contributed by atoms with Crippen LogP contribution in [0, 0.1) is 0 Å². The minimum absolute atomic E-state index is 0.0440. The van der Waals surface area contributed by atoms with Gasteiger partial charge in [-0.15, -0.1) is 0 Å². The number of rotatable bonds is 9. The summed E-state index contributed by atoms with van der Waals surface area (Å²) in [6, 6.07) is 9.91. The van der Waals surface area contributed by atoms with E-state index in [1.165, 1.54) is 4.90 Å². The fourth-order valence-corrected chi connectivity index (χ4v) is 4.21. The summed E-state index contributed by atoms with van der Waals surface area (Å²) in [6.07, 6.45) is 2.26. The number of benzene rings is 1. The summed E-state index contributed by atoms with van der Waals surface area (Å²) in [4.78, 5) is 32.2. The summed E-state index contributed by atoms with van der Waals surface area (Å²) >= 11 is 0. The van der Waals surface area contributed by atoms with Gasteiger partial charge in [-0.2, -0.15) is 0 Å². The Bertz CT molecular complexity index is 1090. The second kappa shape index (κ2) is 11.0. The number of aliphatic hydroxyl groups is 1. The van der Waals surface area contributed by atoms with Gasteiger partial charge in [-0.1, -0.05) is 26.8 Å². The second-order valence-corrected chi connectivity index (χ2v) is 9.91. The minimum Gasteiger partial charge on any atom is -0.507 e. The van der Waals surface area contributed by atoms with Gasteiger partial charge in [-0.3, -0.25) is 14.6 Å². The molecule has 1 aliphatic heterocycles. The van der Waals surface area contributed by atoms with Crippen molar-refractivity contribution in [3.8, 4) is 5.75 Å². The van der Waals surface area contributed by atoms with E-state index in [9.17, 15) is 14.7 Å². The van der Waals surface area contributed by atoms with Crippen LogP contribution >= 0.6 is 0 Å². The Hall–Kier alpha value is -3.19. The van der Waals surface area contributed by atoms with E-state index in [2.05, 4.69) is 25.8 Å². The van der Waals surface area contributed by atoms with Crippen molar-refractivity contribution in [1.82, 2.24) is 9.88 Å². The summed E-state index contributed by atoms with van der Waals surface area (Å²) in [7, 11) is 0. The number of carbonyl (C=O) groups is 2. The molecule has 0 radical (unpaired) electrons. The molecule has 1 aromatic carbocycles. The Morgan fingerprint density at radius 2 is 1.91 bits per heavy atom. The summed E-state index contributed by atoms with van der Waals surface area (Å²) in [5.74, 6) is -0.847. The smallest absolute Gasteiger partial charge is 0.295 e. The number of aromatic nitrogens is 1. The Kier molecular flexibility index (Phi) is 8.33. The van der Waals surface area contributed by atoms with Crippen molar-refractivity contribution in [3.05, 3.63) is 65.0 Å². The number of aliphatic hydroxyl groups excluding tert-OH is 1. The molecule has 0 aliphatic carbocycles. The fraction of sp³-hybridized carbons (Fsp3) is 0.464. The standard InChI is InChI=1S/C28H36N2O5/c1-7-34-22-13-12-19(17-20(22)28(4,5)6)25(31)23-24(21-11-8-9-14-29-21)30(27(33)26(23)32)15-10-16-35-18(2)3/h8-9,11-14,17-18,24,31H,7,10,15-16H2,1-6H3/b25-23-. The maximum Gasteiger partial charge on any atom is 0.295 e. The highest BCUT2D eigenvalue weighted by Crippen LogP contribution is 2.40. The van der Waals surface area contributed by atoms with Gasteiger partial charge < -0.3 is 19.5 Å². The normalized spacial score (nSPS) is 17.9. The van der Waals surface area contributed by atoms with Crippen molar-refractivity contribution in [2.45, 2.75) is 65.5 Å². The predicted molar refractivity (Wildman–Crippen MR) is 135 cm³/mol. The van der Waals surface area contributed by atoms with Gasteiger partial charge in [-0.05, 0) is 62.9 Å². The van der Waals surface area contributed by atoms with Gasteiger partial charge >= 0.3 is 0 Å². The zero-order chi connectivity index (χ0) is 25.8. The van der Waals surface area contributed by atoms with Crippen molar-refractivity contribution in [3.63, 3.8) is 0 Å². The Balaban J connectivity index is 2.09. The highest BCUT2D eigenvalue weighted by molar-refractivity contribution is 6.46. The summed E-state index contributed by atoms with van der Waals surface area (Å²) in [5.41, 5.74) is 1.67. The third-order valence-electron chi connectivity index (χ3n) is 5.86. The van der Waals surface area contributed by atoms with E-state index in [0.717, 1.165) is 11.3 Å². The van der Waals surface area contributed by atoms with Crippen molar-refractivity contribution in [2.75, 3.05) is 19.8 Å². The first-order chi connectivity index (χ1) is 16.6.